The van der Waals surface area contributed by atoms with Crippen LogP contribution >= 0.6 is 0 Å². The topological polar surface area (TPSA) is 40.8 Å². The van der Waals surface area contributed by atoms with Gasteiger partial charge in [0.15, 0.2) is 6.20 Å². The lowest BCUT2D eigenvalue weighted by atomic mass is 9.94. The Bertz CT molecular complexity index is 1850. The van der Waals surface area contributed by atoms with Crippen LogP contribution in [0.4, 0.5) is 0 Å². The highest BCUT2D eigenvalue weighted by Gasteiger charge is 2.23. The molecule has 35 heavy (non-hydrogen) atoms. The molecule has 6 aromatic rings. The summed E-state index contributed by atoms with van der Waals surface area (Å²) < 4.78 is 8.89. The Balaban J connectivity index is 1.71. The molecular formula is C32H25N2O+. The molecule has 0 unspecified atom stereocenters. The van der Waals surface area contributed by atoms with Crippen LogP contribution in [0.3, 0.4) is 0 Å². The Kier molecular flexibility index (Phi) is 4.72. The zero-order valence-corrected chi connectivity index (χ0v) is 20.3. The van der Waals surface area contributed by atoms with E-state index in [2.05, 4.69) is 93.2 Å². The lowest BCUT2D eigenvalue weighted by Crippen LogP contribution is -2.31. The van der Waals surface area contributed by atoms with E-state index in [0.29, 0.717) is 5.56 Å². The zero-order valence-electron chi connectivity index (χ0n) is 20.3. The van der Waals surface area contributed by atoms with Gasteiger partial charge in [0.1, 0.15) is 18.2 Å². The Morgan fingerprint density at radius 1 is 0.714 bits per heavy atom. The number of hydrogen-bond donors (Lipinski definition) is 0. The molecule has 0 saturated carbocycles. The van der Waals surface area contributed by atoms with Gasteiger partial charge in [-0.3, -0.25) is 0 Å². The highest BCUT2D eigenvalue weighted by molar-refractivity contribution is 6.14. The number of aryl methyl sites for hydroxylation is 4. The molecule has 0 N–H and O–H groups in total. The second kappa shape index (κ2) is 7.82. The molecule has 4 aromatic carbocycles. The van der Waals surface area contributed by atoms with Crippen molar-refractivity contribution in [3.8, 4) is 28.5 Å². The first kappa shape index (κ1) is 21.1. The van der Waals surface area contributed by atoms with E-state index in [1.54, 1.807) is 0 Å². The van der Waals surface area contributed by atoms with Gasteiger partial charge >= 0.3 is 0 Å². The molecule has 2 aromatic heterocycles. The van der Waals surface area contributed by atoms with Crippen LogP contribution < -0.4 is 4.57 Å². The first-order valence-corrected chi connectivity index (χ1v) is 11.8. The fourth-order valence-corrected chi connectivity index (χ4v) is 5.18. The number of rotatable bonds is 2. The second-order valence-electron chi connectivity index (χ2n) is 9.41. The Morgan fingerprint density at radius 2 is 1.43 bits per heavy atom. The molecule has 0 aliphatic carbocycles. The quantitative estimate of drug-likeness (QED) is 0.252. The van der Waals surface area contributed by atoms with Crippen LogP contribution in [0.2, 0.25) is 0 Å². The summed E-state index contributed by atoms with van der Waals surface area (Å²) in [7, 11) is 2.08. The maximum atomic E-state index is 10.0. The van der Waals surface area contributed by atoms with Crippen molar-refractivity contribution in [1.29, 1.82) is 5.26 Å². The van der Waals surface area contributed by atoms with E-state index in [4.69, 9.17) is 4.42 Å². The fraction of sp³-hybridized carbons (Fsp3) is 0.125. The molecular weight excluding hydrogens is 428 g/mol. The van der Waals surface area contributed by atoms with E-state index in [0.717, 1.165) is 55.3 Å². The number of benzene rings is 4. The number of aromatic nitrogens is 1. The van der Waals surface area contributed by atoms with Gasteiger partial charge in [0.2, 0.25) is 5.69 Å². The number of nitrogens with zero attached hydrogens (tertiary/aromatic N) is 2. The molecule has 168 valence electrons. The van der Waals surface area contributed by atoms with Crippen molar-refractivity contribution in [1.82, 2.24) is 0 Å². The first-order valence-electron chi connectivity index (χ1n) is 11.8. The molecule has 0 amide bonds. The normalized spacial score (nSPS) is 11.4. The van der Waals surface area contributed by atoms with E-state index in [1.807, 2.05) is 24.3 Å². The Hall–Kier alpha value is -4.42. The van der Waals surface area contributed by atoms with Crippen LogP contribution in [0, 0.1) is 32.1 Å². The SMILES string of the molecule is Cc1cc(-c2c(C)ccc3c2oc2c(-c4ccc5ccccc5c4)c(C#N)ccc23)[n+](C)cc1C. The maximum Gasteiger partial charge on any atom is 0.216 e. The van der Waals surface area contributed by atoms with Crippen LogP contribution in [-0.4, -0.2) is 0 Å². The summed E-state index contributed by atoms with van der Waals surface area (Å²) in [6.45, 7) is 6.40. The monoisotopic (exact) mass is 453 g/mol. The van der Waals surface area contributed by atoms with Gasteiger partial charge in [0, 0.05) is 28.0 Å². The molecule has 0 radical (unpaired) electrons. The predicted octanol–water partition coefficient (Wildman–Crippen LogP) is 7.69. The highest BCUT2D eigenvalue weighted by Crippen LogP contribution is 2.42. The molecule has 0 fully saturated rings. The van der Waals surface area contributed by atoms with Crippen molar-refractivity contribution in [3.63, 3.8) is 0 Å². The lowest BCUT2D eigenvalue weighted by molar-refractivity contribution is -0.660. The van der Waals surface area contributed by atoms with E-state index in [-0.39, 0.29) is 0 Å². The Morgan fingerprint density at radius 3 is 2.20 bits per heavy atom. The van der Waals surface area contributed by atoms with Crippen molar-refractivity contribution >= 4 is 32.7 Å². The third-order valence-corrected chi connectivity index (χ3v) is 7.18. The lowest BCUT2D eigenvalue weighted by Gasteiger charge is -2.08. The number of nitriles is 1. The number of fused-ring (bicyclic) bond motifs is 4. The first-order chi connectivity index (χ1) is 17.0. The molecule has 3 heteroatoms. The standard InChI is InChI=1S/C32H25N2O/c1-19-9-13-26-27-14-12-25(17-33)30(24-11-10-22-7-5-6-8-23(22)16-24)32(27)35-31(26)29(19)28-15-20(2)21(3)18-34(28)4/h5-16,18H,1-4H3/q+1. The largest absolute Gasteiger partial charge is 0.454 e. The average Bonchev–Trinajstić information content (AvgIpc) is 3.24. The van der Waals surface area contributed by atoms with Gasteiger partial charge in [-0.15, -0.1) is 0 Å². The van der Waals surface area contributed by atoms with Crippen LogP contribution in [0.15, 0.2) is 83.4 Å². The van der Waals surface area contributed by atoms with E-state index in [9.17, 15) is 5.26 Å². The number of hydrogen-bond acceptors (Lipinski definition) is 2. The minimum atomic E-state index is 0.613. The molecule has 0 atom stereocenters. The second-order valence-corrected chi connectivity index (χ2v) is 9.41. The van der Waals surface area contributed by atoms with Crippen molar-refractivity contribution in [2.24, 2.45) is 7.05 Å². The third kappa shape index (κ3) is 3.22. The minimum Gasteiger partial charge on any atom is -0.454 e. The van der Waals surface area contributed by atoms with Crippen molar-refractivity contribution < 1.29 is 8.98 Å². The van der Waals surface area contributed by atoms with Crippen molar-refractivity contribution in [2.45, 2.75) is 20.8 Å². The molecule has 2 heterocycles. The van der Waals surface area contributed by atoms with Gasteiger partial charge in [-0.2, -0.15) is 5.26 Å². The number of pyridine rings is 1. The van der Waals surface area contributed by atoms with Gasteiger partial charge in [0.05, 0.1) is 17.2 Å². The third-order valence-electron chi connectivity index (χ3n) is 7.18. The molecule has 3 nitrogen and oxygen atoms in total. The summed E-state index contributed by atoms with van der Waals surface area (Å²) >= 11 is 0. The average molecular weight is 454 g/mol. The Labute approximate surface area is 204 Å². The summed E-state index contributed by atoms with van der Waals surface area (Å²) in [6.07, 6.45) is 2.17. The fourth-order valence-electron chi connectivity index (χ4n) is 5.18. The molecule has 6 rings (SSSR count). The van der Waals surface area contributed by atoms with Gasteiger partial charge in [-0.1, -0.05) is 48.5 Å². The summed E-state index contributed by atoms with van der Waals surface area (Å²) in [6, 6.07) is 27.5. The molecule has 0 bridgehead atoms. The van der Waals surface area contributed by atoms with Crippen LogP contribution in [-0.2, 0) is 7.05 Å². The summed E-state index contributed by atoms with van der Waals surface area (Å²) in [5.74, 6) is 0. The summed E-state index contributed by atoms with van der Waals surface area (Å²) in [4.78, 5) is 0. The summed E-state index contributed by atoms with van der Waals surface area (Å²) in [5, 5.41) is 14.4. The molecule has 0 saturated heterocycles. The molecule has 0 spiro atoms. The van der Waals surface area contributed by atoms with E-state index in [1.165, 1.54) is 16.5 Å². The zero-order chi connectivity index (χ0) is 24.3. The van der Waals surface area contributed by atoms with Gasteiger partial charge in [-0.25, -0.2) is 4.57 Å². The summed E-state index contributed by atoms with van der Waals surface area (Å²) in [5.41, 5.74) is 9.92. The molecule has 0 aliphatic heterocycles. The predicted molar refractivity (Wildman–Crippen MR) is 142 cm³/mol. The van der Waals surface area contributed by atoms with Gasteiger partial charge < -0.3 is 4.42 Å². The van der Waals surface area contributed by atoms with E-state index >= 15 is 0 Å². The van der Waals surface area contributed by atoms with E-state index < -0.39 is 0 Å². The van der Waals surface area contributed by atoms with Crippen LogP contribution in [0.1, 0.15) is 22.3 Å². The smallest absolute Gasteiger partial charge is 0.216 e. The van der Waals surface area contributed by atoms with Gasteiger partial charge in [-0.05, 0) is 66.4 Å². The number of furan rings is 1. The van der Waals surface area contributed by atoms with Crippen molar-refractivity contribution in [3.05, 3.63) is 101 Å². The maximum absolute atomic E-state index is 10.0. The molecule has 0 aliphatic rings. The highest BCUT2D eigenvalue weighted by atomic mass is 16.3. The van der Waals surface area contributed by atoms with Gasteiger partial charge in [0.25, 0.3) is 0 Å². The van der Waals surface area contributed by atoms with Crippen molar-refractivity contribution in [2.75, 3.05) is 0 Å². The van der Waals surface area contributed by atoms with Crippen LogP contribution in [0.5, 0.6) is 0 Å². The minimum absolute atomic E-state index is 0.613. The van der Waals surface area contributed by atoms with Crippen LogP contribution in [0.25, 0.3) is 55.1 Å².